The number of piperidine rings is 1. The molecule has 21 heavy (non-hydrogen) atoms. The zero-order valence-corrected chi connectivity index (χ0v) is 12.2. The number of rotatable bonds is 3. The Labute approximate surface area is 126 Å². The van der Waals surface area contributed by atoms with Crippen LogP contribution in [-0.2, 0) is 6.54 Å². The second-order valence-electron chi connectivity index (χ2n) is 6.19. The molecule has 0 amide bonds. The number of nitrogens with zero attached hydrogens (tertiary/aromatic N) is 3. The molecule has 0 unspecified atom stereocenters. The topological polar surface area (TPSA) is 19.4 Å². The van der Waals surface area contributed by atoms with Crippen molar-refractivity contribution in [3.63, 3.8) is 0 Å². The second kappa shape index (κ2) is 5.49. The van der Waals surface area contributed by atoms with Gasteiger partial charge < -0.3 is 4.90 Å². The van der Waals surface area contributed by atoms with Gasteiger partial charge in [0.05, 0.1) is 11.9 Å². The molecule has 0 radical (unpaired) electrons. The largest absolute Gasteiger partial charge is 0.369 e. The third-order valence-corrected chi connectivity index (χ3v) is 4.90. The quantitative estimate of drug-likeness (QED) is 0.861. The predicted molar refractivity (Wildman–Crippen MR) is 85.2 cm³/mol. The number of fused-ring (bicyclic) bond motifs is 1. The lowest BCUT2D eigenvalue weighted by atomic mass is 9.82. The smallest absolute Gasteiger partial charge is 0.0553 e. The molecular formula is C18H21N3. The molecule has 1 aromatic heterocycles. The number of aromatic nitrogens is 1. The van der Waals surface area contributed by atoms with Gasteiger partial charge in [0.1, 0.15) is 0 Å². The van der Waals surface area contributed by atoms with E-state index in [1.165, 1.54) is 30.8 Å². The molecule has 4 rings (SSSR count). The number of benzene rings is 1. The van der Waals surface area contributed by atoms with Gasteiger partial charge in [-0.15, -0.1) is 0 Å². The van der Waals surface area contributed by atoms with Gasteiger partial charge in [-0.05, 0) is 30.0 Å². The first-order valence-electron chi connectivity index (χ1n) is 7.83. The number of likely N-dealkylation sites (tertiary alicyclic amines) is 1. The fraction of sp³-hybridized carbons (Fsp3) is 0.389. The zero-order chi connectivity index (χ0) is 14.1. The molecule has 108 valence electrons. The summed E-state index contributed by atoms with van der Waals surface area (Å²) in [7, 11) is 0. The maximum atomic E-state index is 4.25. The molecule has 2 aliphatic heterocycles. The van der Waals surface area contributed by atoms with Gasteiger partial charge in [0, 0.05) is 38.4 Å². The lowest BCUT2D eigenvalue weighted by molar-refractivity contribution is -0.00377. The average Bonchev–Trinajstić information content (AvgIpc) is 2.54. The van der Waals surface area contributed by atoms with E-state index in [1.807, 2.05) is 18.5 Å². The highest BCUT2D eigenvalue weighted by atomic mass is 15.3. The Kier molecular flexibility index (Phi) is 3.36. The van der Waals surface area contributed by atoms with Crippen LogP contribution in [0.5, 0.6) is 0 Å². The SMILES string of the molecule is c1ccc(CN2C[C@H]3CCN(c4cccnc4)C[C@H]32)cc1. The van der Waals surface area contributed by atoms with E-state index in [0.717, 1.165) is 19.0 Å². The first-order valence-corrected chi connectivity index (χ1v) is 7.83. The first kappa shape index (κ1) is 12.8. The van der Waals surface area contributed by atoms with Crippen molar-refractivity contribution >= 4 is 5.69 Å². The van der Waals surface area contributed by atoms with Crippen molar-refractivity contribution in [2.24, 2.45) is 5.92 Å². The Morgan fingerprint density at radius 2 is 1.95 bits per heavy atom. The third-order valence-electron chi connectivity index (χ3n) is 4.90. The van der Waals surface area contributed by atoms with Crippen molar-refractivity contribution in [2.45, 2.75) is 19.0 Å². The molecule has 1 aromatic carbocycles. The minimum atomic E-state index is 0.708. The maximum absolute atomic E-state index is 4.25. The van der Waals surface area contributed by atoms with Gasteiger partial charge in [0.2, 0.25) is 0 Å². The summed E-state index contributed by atoms with van der Waals surface area (Å²) in [6.45, 7) is 4.67. The van der Waals surface area contributed by atoms with E-state index in [2.05, 4.69) is 51.2 Å². The molecule has 2 aromatic rings. The summed E-state index contributed by atoms with van der Waals surface area (Å²) in [6.07, 6.45) is 5.15. The average molecular weight is 279 g/mol. The van der Waals surface area contributed by atoms with E-state index in [4.69, 9.17) is 0 Å². The summed E-state index contributed by atoms with van der Waals surface area (Å²) in [5.74, 6) is 0.890. The van der Waals surface area contributed by atoms with E-state index in [9.17, 15) is 0 Å². The molecular weight excluding hydrogens is 258 g/mol. The molecule has 2 aliphatic rings. The molecule has 0 aliphatic carbocycles. The molecule has 0 N–H and O–H groups in total. The zero-order valence-electron chi connectivity index (χ0n) is 12.2. The Balaban J connectivity index is 1.43. The Hall–Kier alpha value is -1.87. The summed E-state index contributed by atoms with van der Waals surface area (Å²) in [5, 5.41) is 0. The molecule has 0 saturated carbocycles. The van der Waals surface area contributed by atoms with Gasteiger partial charge >= 0.3 is 0 Å². The van der Waals surface area contributed by atoms with Crippen molar-refractivity contribution in [3.05, 3.63) is 60.4 Å². The van der Waals surface area contributed by atoms with Gasteiger partial charge in [0.15, 0.2) is 0 Å². The molecule has 2 saturated heterocycles. The van der Waals surface area contributed by atoms with Crippen LogP contribution in [0, 0.1) is 5.92 Å². The second-order valence-corrected chi connectivity index (χ2v) is 6.19. The standard InChI is InChI=1S/C18H21N3/c1-2-5-15(6-3-1)12-21-13-16-8-10-20(14-18(16)21)17-7-4-9-19-11-17/h1-7,9,11,16,18H,8,10,12-14H2/t16-,18-/m1/s1. The van der Waals surface area contributed by atoms with Gasteiger partial charge in [-0.3, -0.25) is 9.88 Å². The van der Waals surface area contributed by atoms with Gasteiger partial charge in [-0.2, -0.15) is 0 Å². The molecule has 3 heterocycles. The van der Waals surface area contributed by atoms with E-state index in [1.54, 1.807) is 0 Å². The minimum Gasteiger partial charge on any atom is -0.369 e. The van der Waals surface area contributed by atoms with Crippen LogP contribution >= 0.6 is 0 Å². The Bertz CT molecular complexity index is 582. The van der Waals surface area contributed by atoms with E-state index in [0.29, 0.717) is 6.04 Å². The van der Waals surface area contributed by atoms with Crippen molar-refractivity contribution in [3.8, 4) is 0 Å². The summed E-state index contributed by atoms with van der Waals surface area (Å²) in [5.41, 5.74) is 2.69. The van der Waals surface area contributed by atoms with Crippen molar-refractivity contribution in [1.82, 2.24) is 9.88 Å². The van der Waals surface area contributed by atoms with Crippen LogP contribution in [0.2, 0.25) is 0 Å². The number of hydrogen-bond acceptors (Lipinski definition) is 3. The van der Waals surface area contributed by atoms with Crippen LogP contribution < -0.4 is 4.90 Å². The summed E-state index contributed by atoms with van der Waals surface area (Å²) < 4.78 is 0. The fourth-order valence-corrected chi connectivity index (χ4v) is 3.68. The molecule has 0 spiro atoms. The first-order chi connectivity index (χ1) is 10.4. The highest BCUT2D eigenvalue weighted by Crippen LogP contribution is 2.35. The predicted octanol–water partition coefficient (Wildman–Crippen LogP) is 2.79. The van der Waals surface area contributed by atoms with Crippen molar-refractivity contribution in [2.75, 3.05) is 24.5 Å². The van der Waals surface area contributed by atoms with Crippen LogP contribution in [0.4, 0.5) is 5.69 Å². The van der Waals surface area contributed by atoms with Crippen LogP contribution in [0.1, 0.15) is 12.0 Å². The number of pyridine rings is 1. The lowest BCUT2D eigenvalue weighted by Crippen LogP contribution is -2.63. The summed E-state index contributed by atoms with van der Waals surface area (Å²) in [6, 6.07) is 15.7. The highest BCUT2D eigenvalue weighted by molar-refractivity contribution is 5.44. The molecule has 3 heteroatoms. The van der Waals surface area contributed by atoms with E-state index >= 15 is 0 Å². The monoisotopic (exact) mass is 279 g/mol. The normalized spacial score (nSPS) is 25.2. The molecule has 0 bridgehead atoms. The van der Waals surface area contributed by atoms with Crippen molar-refractivity contribution in [1.29, 1.82) is 0 Å². The van der Waals surface area contributed by atoms with Crippen LogP contribution in [0.3, 0.4) is 0 Å². The van der Waals surface area contributed by atoms with Crippen molar-refractivity contribution < 1.29 is 0 Å². The molecule has 2 atom stereocenters. The van der Waals surface area contributed by atoms with E-state index in [-0.39, 0.29) is 0 Å². The molecule has 3 nitrogen and oxygen atoms in total. The van der Waals surface area contributed by atoms with Gasteiger partial charge in [-0.25, -0.2) is 0 Å². The summed E-state index contributed by atoms with van der Waals surface area (Å²) >= 11 is 0. The maximum Gasteiger partial charge on any atom is 0.0553 e. The Morgan fingerprint density at radius 1 is 1.05 bits per heavy atom. The highest BCUT2D eigenvalue weighted by Gasteiger charge is 2.42. The fourth-order valence-electron chi connectivity index (χ4n) is 3.68. The van der Waals surface area contributed by atoms with Crippen LogP contribution in [0.25, 0.3) is 0 Å². The summed E-state index contributed by atoms with van der Waals surface area (Å²) in [4.78, 5) is 9.37. The number of hydrogen-bond donors (Lipinski definition) is 0. The van der Waals surface area contributed by atoms with Crippen LogP contribution in [0.15, 0.2) is 54.9 Å². The van der Waals surface area contributed by atoms with Gasteiger partial charge in [-0.1, -0.05) is 30.3 Å². The minimum absolute atomic E-state index is 0.708. The third kappa shape index (κ3) is 2.54. The number of anilines is 1. The van der Waals surface area contributed by atoms with Crippen LogP contribution in [-0.4, -0.2) is 35.6 Å². The van der Waals surface area contributed by atoms with Gasteiger partial charge in [0.25, 0.3) is 0 Å². The Morgan fingerprint density at radius 3 is 2.76 bits per heavy atom. The van der Waals surface area contributed by atoms with E-state index < -0.39 is 0 Å². The molecule has 2 fully saturated rings. The lowest BCUT2D eigenvalue weighted by Gasteiger charge is -2.54.